The van der Waals surface area contributed by atoms with E-state index in [4.69, 9.17) is 0 Å². The van der Waals surface area contributed by atoms with Gasteiger partial charge >= 0.3 is 0 Å². The molecule has 1 aliphatic rings. The highest BCUT2D eigenvalue weighted by molar-refractivity contribution is 5.81. The van der Waals surface area contributed by atoms with Gasteiger partial charge in [0, 0.05) is 36.9 Å². The fraction of sp³-hybridized carbons (Fsp3) is 0.571. The number of hydrogen-bond acceptors (Lipinski definition) is 3. The fourth-order valence-corrected chi connectivity index (χ4v) is 3.62. The first-order chi connectivity index (χ1) is 12.3. The Morgan fingerprint density at radius 1 is 1.27 bits per heavy atom. The highest BCUT2D eigenvalue weighted by Crippen LogP contribution is 2.27. The molecule has 2 aromatic heterocycles. The van der Waals surface area contributed by atoms with Crippen LogP contribution in [0.5, 0.6) is 0 Å². The number of amides is 1. The molecule has 0 radical (unpaired) electrons. The Labute approximate surface area is 156 Å². The third-order valence-corrected chi connectivity index (χ3v) is 4.99. The van der Waals surface area contributed by atoms with Gasteiger partial charge in [0.1, 0.15) is 0 Å². The van der Waals surface area contributed by atoms with Crippen molar-refractivity contribution in [2.75, 3.05) is 13.1 Å². The van der Waals surface area contributed by atoms with Crippen LogP contribution in [0.4, 0.5) is 0 Å². The average molecular weight is 354 g/mol. The molecular weight excluding hydrogens is 324 g/mol. The number of hydrogen-bond donors (Lipinski definition) is 0. The molecule has 3 heterocycles. The number of aromatic nitrogens is 3. The van der Waals surface area contributed by atoms with Gasteiger partial charge in [-0.25, -0.2) is 0 Å². The van der Waals surface area contributed by atoms with E-state index in [9.17, 15) is 4.79 Å². The smallest absolute Gasteiger partial charge is 0.227 e. The molecule has 1 aliphatic heterocycles. The van der Waals surface area contributed by atoms with E-state index in [1.165, 1.54) is 5.56 Å². The normalized spacial score (nSPS) is 17.9. The molecule has 3 rings (SSSR count). The van der Waals surface area contributed by atoms with E-state index in [0.29, 0.717) is 12.0 Å². The Morgan fingerprint density at radius 2 is 2.04 bits per heavy atom. The van der Waals surface area contributed by atoms with Crippen LogP contribution in [0.2, 0.25) is 0 Å². The van der Waals surface area contributed by atoms with Gasteiger partial charge in [-0.15, -0.1) is 0 Å². The summed E-state index contributed by atoms with van der Waals surface area (Å²) in [6, 6.07) is 6.56. The highest BCUT2D eigenvalue weighted by atomic mass is 16.2. The molecule has 1 fully saturated rings. The first kappa shape index (κ1) is 18.6. The highest BCUT2D eigenvalue weighted by Gasteiger charge is 2.32. The molecule has 0 N–H and O–H groups in total. The van der Waals surface area contributed by atoms with Crippen LogP contribution in [0.1, 0.15) is 52.6 Å². The second kappa shape index (κ2) is 7.22. The third-order valence-electron chi connectivity index (χ3n) is 4.99. The van der Waals surface area contributed by atoms with Gasteiger partial charge in [-0.1, -0.05) is 26.8 Å². The standard InChI is InChI=1S/C21H30N4O/c1-15(2)25-19(8-10-23-25)18-7-6-16(13-22-18)12-17-9-11-24(14-17)20(26)21(3,4)5/h6-8,10,13,15,17H,9,11-12,14H2,1-5H3. The number of pyridine rings is 1. The third kappa shape index (κ3) is 3.97. The molecule has 5 heteroatoms. The summed E-state index contributed by atoms with van der Waals surface area (Å²) < 4.78 is 2.00. The van der Waals surface area contributed by atoms with Gasteiger partial charge in [0.05, 0.1) is 11.4 Å². The lowest BCUT2D eigenvalue weighted by molar-refractivity contribution is -0.138. The molecule has 26 heavy (non-hydrogen) atoms. The van der Waals surface area contributed by atoms with Gasteiger partial charge in [0.25, 0.3) is 0 Å². The largest absolute Gasteiger partial charge is 0.342 e. The van der Waals surface area contributed by atoms with Crippen LogP contribution in [0, 0.1) is 11.3 Å². The van der Waals surface area contributed by atoms with Crippen molar-refractivity contribution in [2.45, 2.75) is 53.5 Å². The van der Waals surface area contributed by atoms with Crippen molar-refractivity contribution in [1.29, 1.82) is 0 Å². The van der Waals surface area contributed by atoms with Crippen LogP contribution in [-0.4, -0.2) is 38.7 Å². The number of nitrogens with zero attached hydrogens (tertiary/aromatic N) is 4. The summed E-state index contributed by atoms with van der Waals surface area (Å²) in [6.07, 6.45) is 5.85. The molecule has 2 aromatic rings. The van der Waals surface area contributed by atoms with Crippen molar-refractivity contribution >= 4 is 5.91 Å². The summed E-state index contributed by atoms with van der Waals surface area (Å²) in [5, 5.41) is 4.38. The lowest BCUT2D eigenvalue weighted by Crippen LogP contribution is -2.38. The first-order valence-corrected chi connectivity index (χ1v) is 9.54. The monoisotopic (exact) mass is 354 g/mol. The van der Waals surface area contributed by atoms with Crippen molar-refractivity contribution in [3.05, 3.63) is 36.2 Å². The van der Waals surface area contributed by atoms with Crippen LogP contribution in [0.3, 0.4) is 0 Å². The van der Waals surface area contributed by atoms with E-state index in [2.05, 4.69) is 36.1 Å². The first-order valence-electron chi connectivity index (χ1n) is 9.54. The maximum atomic E-state index is 12.4. The quantitative estimate of drug-likeness (QED) is 0.835. The average Bonchev–Trinajstić information content (AvgIpc) is 3.23. The van der Waals surface area contributed by atoms with E-state index in [1.807, 2.05) is 48.8 Å². The molecule has 0 spiro atoms. The molecule has 5 nitrogen and oxygen atoms in total. The SMILES string of the molecule is CC(C)n1nccc1-c1ccc(CC2CCN(C(=O)C(C)(C)C)C2)cn1. The lowest BCUT2D eigenvalue weighted by atomic mass is 9.95. The van der Waals surface area contributed by atoms with Crippen LogP contribution in [0.15, 0.2) is 30.6 Å². The van der Waals surface area contributed by atoms with E-state index >= 15 is 0 Å². The van der Waals surface area contributed by atoms with E-state index in [1.54, 1.807) is 0 Å². The molecule has 0 saturated carbocycles. The summed E-state index contributed by atoms with van der Waals surface area (Å²) in [7, 11) is 0. The summed E-state index contributed by atoms with van der Waals surface area (Å²) in [5.41, 5.74) is 2.95. The zero-order chi connectivity index (χ0) is 18.9. The van der Waals surface area contributed by atoms with Crippen molar-refractivity contribution in [1.82, 2.24) is 19.7 Å². The number of rotatable bonds is 4. The molecule has 1 amide bonds. The summed E-state index contributed by atoms with van der Waals surface area (Å²) in [6.45, 7) is 12.0. The van der Waals surface area contributed by atoms with Gasteiger partial charge in [-0.2, -0.15) is 5.10 Å². The van der Waals surface area contributed by atoms with Crippen molar-refractivity contribution < 1.29 is 4.79 Å². The molecule has 140 valence electrons. The van der Waals surface area contributed by atoms with Gasteiger partial charge in [-0.05, 0) is 50.3 Å². The molecule has 0 aliphatic carbocycles. The number of carbonyl (C=O) groups excluding carboxylic acids is 1. The number of likely N-dealkylation sites (tertiary alicyclic amines) is 1. The Kier molecular flexibility index (Phi) is 5.17. The minimum Gasteiger partial charge on any atom is -0.342 e. The zero-order valence-corrected chi connectivity index (χ0v) is 16.6. The van der Waals surface area contributed by atoms with Crippen molar-refractivity contribution in [3.8, 4) is 11.4 Å². The van der Waals surface area contributed by atoms with E-state index < -0.39 is 0 Å². The van der Waals surface area contributed by atoms with E-state index in [0.717, 1.165) is 37.3 Å². The second-order valence-corrected chi connectivity index (χ2v) is 8.67. The van der Waals surface area contributed by atoms with Crippen LogP contribution in [-0.2, 0) is 11.2 Å². The Hall–Kier alpha value is -2.17. The van der Waals surface area contributed by atoms with Crippen LogP contribution >= 0.6 is 0 Å². The molecule has 1 saturated heterocycles. The maximum Gasteiger partial charge on any atom is 0.227 e. The van der Waals surface area contributed by atoms with E-state index in [-0.39, 0.29) is 11.3 Å². The molecular formula is C21H30N4O. The predicted octanol–water partition coefficient (Wildman–Crippen LogP) is 3.96. The minimum atomic E-state index is -0.294. The molecule has 0 bridgehead atoms. The summed E-state index contributed by atoms with van der Waals surface area (Å²) in [5.74, 6) is 0.783. The Bertz CT molecular complexity index is 755. The second-order valence-electron chi connectivity index (χ2n) is 8.67. The Balaban J connectivity index is 1.64. The molecule has 1 atom stereocenters. The summed E-state index contributed by atoms with van der Waals surface area (Å²) in [4.78, 5) is 19.1. The van der Waals surface area contributed by atoms with Gasteiger partial charge in [-0.3, -0.25) is 14.5 Å². The topological polar surface area (TPSA) is 51.0 Å². The van der Waals surface area contributed by atoms with Crippen molar-refractivity contribution in [2.24, 2.45) is 11.3 Å². The maximum absolute atomic E-state index is 12.4. The number of carbonyl (C=O) groups is 1. The Morgan fingerprint density at radius 3 is 2.65 bits per heavy atom. The van der Waals surface area contributed by atoms with Gasteiger partial charge in [0.2, 0.25) is 5.91 Å². The van der Waals surface area contributed by atoms with Crippen LogP contribution in [0.25, 0.3) is 11.4 Å². The minimum absolute atomic E-state index is 0.260. The lowest BCUT2D eigenvalue weighted by Gasteiger charge is -2.25. The van der Waals surface area contributed by atoms with Gasteiger partial charge < -0.3 is 4.90 Å². The molecule has 0 aromatic carbocycles. The fourth-order valence-electron chi connectivity index (χ4n) is 3.62. The predicted molar refractivity (Wildman–Crippen MR) is 104 cm³/mol. The van der Waals surface area contributed by atoms with Gasteiger partial charge in [0.15, 0.2) is 0 Å². The van der Waals surface area contributed by atoms with Crippen LogP contribution < -0.4 is 0 Å². The van der Waals surface area contributed by atoms with Crippen molar-refractivity contribution in [3.63, 3.8) is 0 Å². The zero-order valence-electron chi connectivity index (χ0n) is 16.6. The molecule has 1 unspecified atom stereocenters. The summed E-state index contributed by atoms with van der Waals surface area (Å²) >= 11 is 0.